The van der Waals surface area contributed by atoms with E-state index in [0.717, 1.165) is 5.75 Å². The van der Waals surface area contributed by atoms with E-state index in [-0.39, 0.29) is 12.5 Å². The van der Waals surface area contributed by atoms with Crippen LogP contribution in [0.15, 0.2) is 18.5 Å². The van der Waals surface area contributed by atoms with E-state index in [1.807, 2.05) is 6.26 Å². The van der Waals surface area contributed by atoms with E-state index in [0.29, 0.717) is 24.1 Å². The second-order valence-electron chi connectivity index (χ2n) is 3.96. The third-order valence-corrected chi connectivity index (χ3v) is 3.02. The lowest BCUT2D eigenvalue weighted by Crippen LogP contribution is -2.29. The van der Waals surface area contributed by atoms with Crippen molar-refractivity contribution in [2.45, 2.75) is 6.42 Å². The van der Waals surface area contributed by atoms with Crippen molar-refractivity contribution in [2.24, 2.45) is 0 Å². The van der Waals surface area contributed by atoms with Gasteiger partial charge in [0.15, 0.2) is 0 Å². The fourth-order valence-corrected chi connectivity index (χ4v) is 1.85. The second-order valence-corrected chi connectivity index (χ2v) is 4.94. The molecule has 0 unspecified atom stereocenters. The second kappa shape index (κ2) is 8.57. The van der Waals surface area contributed by atoms with Gasteiger partial charge >= 0.3 is 0 Å². The van der Waals surface area contributed by atoms with Crippen LogP contribution < -0.4 is 0 Å². The van der Waals surface area contributed by atoms with E-state index < -0.39 is 0 Å². The summed E-state index contributed by atoms with van der Waals surface area (Å²) in [5, 5.41) is 8.66. The monoisotopic (exact) mass is 278 g/mol. The molecule has 1 rings (SSSR count). The van der Waals surface area contributed by atoms with Gasteiger partial charge in [-0.3, -0.25) is 9.78 Å². The SMILES string of the molecule is CSCCN(C)C(=O)c1cncc(C#CCCO)c1. The minimum Gasteiger partial charge on any atom is -0.395 e. The number of rotatable bonds is 5. The lowest BCUT2D eigenvalue weighted by Gasteiger charge is -2.16. The van der Waals surface area contributed by atoms with Gasteiger partial charge < -0.3 is 10.0 Å². The topological polar surface area (TPSA) is 53.4 Å². The van der Waals surface area contributed by atoms with Crippen LogP contribution in [-0.4, -0.2) is 53.1 Å². The number of hydrogen-bond acceptors (Lipinski definition) is 4. The van der Waals surface area contributed by atoms with Gasteiger partial charge in [-0.15, -0.1) is 0 Å². The Hall–Kier alpha value is -1.51. The van der Waals surface area contributed by atoms with Gasteiger partial charge in [-0.25, -0.2) is 0 Å². The highest BCUT2D eigenvalue weighted by Gasteiger charge is 2.11. The molecular weight excluding hydrogens is 260 g/mol. The molecule has 5 heteroatoms. The summed E-state index contributed by atoms with van der Waals surface area (Å²) in [6.45, 7) is 0.747. The molecule has 0 saturated carbocycles. The van der Waals surface area contributed by atoms with Crippen molar-refractivity contribution < 1.29 is 9.90 Å². The summed E-state index contributed by atoms with van der Waals surface area (Å²) < 4.78 is 0. The molecule has 1 amide bonds. The van der Waals surface area contributed by atoms with Crippen molar-refractivity contribution in [3.05, 3.63) is 29.6 Å². The minimum absolute atomic E-state index is 0.0382. The molecule has 1 aromatic rings. The summed E-state index contributed by atoms with van der Waals surface area (Å²) in [7, 11) is 1.78. The smallest absolute Gasteiger partial charge is 0.255 e. The Morgan fingerprint density at radius 2 is 2.32 bits per heavy atom. The molecule has 0 bridgehead atoms. The number of aliphatic hydroxyl groups is 1. The van der Waals surface area contributed by atoms with Gasteiger partial charge in [-0.2, -0.15) is 11.8 Å². The number of aromatic nitrogens is 1. The highest BCUT2D eigenvalue weighted by Crippen LogP contribution is 2.06. The third-order valence-electron chi connectivity index (χ3n) is 2.43. The van der Waals surface area contributed by atoms with Gasteiger partial charge in [0.2, 0.25) is 0 Å². The highest BCUT2D eigenvalue weighted by molar-refractivity contribution is 7.98. The van der Waals surface area contributed by atoms with Gasteiger partial charge in [0.05, 0.1) is 12.2 Å². The molecule has 0 saturated heterocycles. The quantitative estimate of drug-likeness (QED) is 0.824. The number of hydrogen-bond donors (Lipinski definition) is 1. The molecule has 102 valence electrons. The van der Waals surface area contributed by atoms with Crippen molar-refractivity contribution in [1.82, 2.24) is 9.88 Å². The third kappa shape index (κ3) is 5.33. The van der Waals surface area contributed by atoms with Crippen molar-refractivity contribution >= 4 is 17.7 Å². The molecule has 4 nitrogen and oxygen atoms in total. The standard InChI is InChI=1S/C14H18N2O2S/c1-16(6-8-19-2)14(18)13-9-12(10-15-11-13)5-3-4-7-17/h9-11,17H,4,6-8H2,1-2H3. The average molecular weight is 278 g/mol. The van der Waals surface area contributed by atoms with Crippen molar-refractivity contribution in [3.8, 4) is 11.8 Å². The Kier molecular flexibility index (Phi) is 7.01. The normalized spacial score (nSPS) is 9.63. The predicted octanol–water partition coefficient (Wildman–Crippen LogP) is 1.25. The molecule has 19 heavy (non-hydrogen) atoms. The van der Waals surface area contributed by atoms with Crippen LogP contribution in [0.4, 0.5) is 0 Å². The largest absolute Gasteiger partial charge is 0.395 e. The Labute approximate surface area is 118 Å². The van der Waals surface area contributed by atoms with Crippen LogP contribution in [-0.2, 0) is 0 Å². The molecule has 0 aliphatic carbocycles. The maximum absolute atomic E-state index is 12.1. The molecule has 0 radical (unpaired) electrons. The van der Waals surface area contributed by atoms with Crippen LogP contribution in [0.25, 0.3) is 0 Å². The Morgan fingerprint density at radius 1 is 1.53 bits per heavy atom. The minimum atomic E-state index is -0.0487. The molecule has 1 N–H and O–H groups in total. The van der Waals surface area contributed by atoms with E-state index in [1.165, 1.54) is 0 Å². The van der Waals surface area contributed by atoms with Crippen molar-refractivity contribution in [3.63, 3.8) is 0 Å². The predicted molar refractivity (Wildman–Crippen MR) is 78.2 cm³/mol. The maximum Gasteiger partial charge on any atom is 0.255 e. The molecular formula is C14H18N2O2S. The average Bonchev–Trinajstić information content (AvgIpc) is 2.44. The van der Waals surface area contributed by atoms with Gasteiger partial charge in [-0.1, -0.05) is 11.8 Å². The lowest BCUT2D eigenvalue weighted by molar-refractivity contribution is 0.0803. The van der Waals surface area contributed by atoms with E-state index in [2.05, 4.69) is 16.8 Å². The van der Waals surface area contributed by atoms with Crippen molar-refractivity contribution in [2.75, 3.05) is 32.2 Å². The summed E-state index contributed by atoms with van der Waals surface area (Å²) in [6.07, 6.45) is 5.60. The summed E-state index contributed by atoms with van der Waals surface area (Å²) in [5.74, 6) is 6.55. The molecule has 1 heterocycles. The fourth-order valence-electron chi connectivity index (χ4n) is 1.40. The number of pyridine rings is 1. The number of carbonyl (C=O) groups excluding carboxylic acids is 1. The number of thioether (sulfide) groups is 1. The molecule has 1 aromatic heterocycles. The van der Waals surface area contributed by atoms with E-state index in [4.69, 9.17) is 5.11 Å². The van der Waals surface area contributed by atoms with Crippen LogP contribution >= 0.6 is 11.8 Å². The molecule has 0 aromatic carbocycles. The Morgan fingerprint density at radius 3 is 3.00 bits per heavy atom. The van der Waals surface area contributed by atoms with Crippen LogP contribution in [0, 0.1) is 11.8 Å². The fraction of sp³-hybridized carbons (Fsp3) is 0.429. The molecule has 0 spiro atoms. The van der Waals surface area contributed by atoms with E-state index in [1.54, 1.807) is 42.2 Å². The number of carbonyl (C=O) groups is 1. The highest BCUT2D eigenvalue weighted by atomic mass is 32.2. The molecule has 0 atom stereocenters. The maximum atomic E-state index is 12.1. The lowest BCUT2D eigenvalue weighted by atomic mass is 10.2. The first kappa shape index (κ1) is 15.5. The summed E-state index contributed by atoms with van der Waals surface area (Å²) in [5.41, 5.74) is 1.23. The summed E-state index contributed by atoms with van der Waals surface area (Å²) in [6, 6.07) is 1.73. The number of aliphatic hydroxyl groups excluding tert-OH is 1. The zero-order chi connectivity index (χ0) is 14.1. The van der Waals surface area contributed by atoms with E-state index in [9.17, 15) is 4.79 Å². The van der Waals surface area contributed by atoms with Crippen LogP contribution in [0.1, 0.15) is 22.3 Å². The molecule has 0 fully saturated rings. The van der Waals surface area contributed by atoms with Crippen LogP contribution in [0.2, 0.25) is 0 Å². The molecule has 0 aliphatic rings. The van der Waals surface area contributed by atoms with Gasteiger partial charge in [0.25, 0.3) is 5.91 Å². The number of nitrogens with zero attached hydrogens (tertiary/aromatic N) is 2. The van der Waals surface area contributed by atoms with E-state index >= 15 is 0 Å². The molecule has 0 aliphatic heterocycles. The zero-order valence-electron chi connectivity index (χ0n) is 11.2. The first-order valence-electron chi connectivity index (χ1n) is 5.98. The summed E-state index contributed by atoms with van der Waals surface area (Å²) >= 11 is 1.70. The summed E-state index contributed by atoms with van der Waals surface area (Å²) in [4.78, 5) is 17.8. The first-order chi connectivity index (χ1) is 9.19. The van der Waals surface area contributed by atoms with Gasteiger partial charge in [0.1, 0.15) is 0 Å². The van der Waals surface area contributed by atoms with Gasteiger partial charge in [0, 0.05) is 43.7 Å². The first-order valence-corrected chi connectivity index (χ1v) is 7.37. The van der Waals surface area contributed by atoms with Crippen molar-refractivity contribution in [1.29, 1.82) is 0 Å². The zero-order valence-corrected chi connectivity index (χ0v) is 12.0. The number of amides is 1. The van der Waals surface area contributed by atoms with Gasteiger partial charge in [-0.05, 0) is 12.3 Å². The van der Waals surface area contributed by atoms with Crippen LogP contribution in [0.3, 0.4) is 0 Å². The Bertz CT molecular complexity index is 480. The Balaban J connectivity index is 2.76. The van der Waals surface area contributed by atoms with Crippen LogP contribution in [0.5, 0.6) is 0 Å².